The van der Waals surface area contributed by atoms with Gasteiger partial charge >= 0.3 is 0 Å². The second-order valence-corrected chi connectivity index (χ2v) is 6.13. The third-order valence-corrected chi connectivity index (χ3v) is 5.17. The first kappa shape index (κ1) is 11.9. The lowest BCUT2D eigenvalue weighted by Crippen LogP contribution is -2.35. The van der Waals surface area contributed by atoms with E-state index >= 15 is 0 Å². The zero-order valence-corrected chi connectivity index (χ0v) is 11.4. The van der Waals surface area contributed by atoms with E-state index < -0.39 is 0 Å². The largest absolute Gasteiger partial charge is 0.275 e. The van der Waals surface area contributed by atoms with Gasteiger partial charge in [0.05, 0.1) is 17.9 Å². The van der Waals surface area contributed by atoms with Gasteiger partial charge < -0.3 is 0 Å². The van der Waals surface area contributed by atoms with Crippen LogP contribution in [0.2, 0.25) is 0 Å². The minimum absolute atomic E-state index is 0.0354. The maximum Gasteiger partial charge on any atom is 0.234 e. The summed E-state index contributed by atoms with van der Waals surface area (Å²) in [6, 6.07) is 9.63. The molecule has 0 radical (unpaired) electrons. The molecule has 3 nitrogen and oxygen atoms in total. The summed E-state index contributed by atoms with van der Waals surface area (Å²) in [7, 11) is 0. The van der Waals surface area contributed by atoms with E-state index in [4.69, 9.17) is 0 Å². The number of nitrogens with zero attached hydrogens (tertiary/aromatic N) is 1. The molecular formula is C17H17NO2. The molecule has 2 aliphatic carbocycles. The Bertz CT molecular complexity index is 577. The smallest absolute Gasteiger partial charge is 0.234 e. The number of rotatable bonds is 2. The predicted octanol–water partition coefficient (Wildman–Crippen LogP) is 2.55. The maximum atomic E-state index is 12.7. The van der Waals surface area contributed by atoms with Crippen molar-refractivity contribution >= 4 is 11.8 Å². The molecule has 1 heterocycles. The van der Waals surface area contributed by atoms with Gasteiger partial charge in [-0.05, 0) is 30.7 Å². The molecule has 0 unspecified atom stereocenters. The summed E-state index contributed by atoms with van der Waals surface area (Å²) in [6.07, 6.45) is 5.25. The van der Waals surface area contributed by atoms with E-state index in [1.807, 2.05) is 37.3 Å². The van der Waals surface area contributed by atoms with Gasteiger partial charge in [0, 0.05) is 0 Å². The average molecular weight is 267 g/mol. The number of amides is 2. The molecule has 3 aliphatic rings. The molecule has 4 rings (SSSR count). The first-order valence-corrected chi connectivity index (χ1v) is 7.28. The lowest BCUT2D eigenvalue weighted by atomic mass is 9.85. The minimum Gasteiger partial charge on any atom is -0.275 e. The van der Waals surface area contributed by atoms with Gasteiger partial charge in [0.1, 0.15) is 0 Å². The molecular weight excluding hydrogens is 250 g/mol. The Morgan fingerprint density at radius 2 is 1.55 bits per heavy atom. The van der Waals surface area contributed by atoms with Gasteiger partial charge in [-0.3, -0.25) is 14.5 Å². The highest BCUT2D eigenvalue weighted by Crippen LogP contribution is 2.53. The van der Waals surface area contributed by atoms with Crippen molar-refractivity contribution in [1.29, 1.82) is 0 Å². The lowest BCUT2D eigenvalue weighted by molar-refractivity contribution is -0.143. The van der Waals surface area contributed by atoms with Gasteiger partial charge in [-0.15, -0.1) is 0 Å². The number of carbonyl (C=O) groups is 2. The molecule has 102 valence electrons. The highest BCUT2D eigenvalue weighted by atomic mass is 16.2. The molecule has 2 fully saturated rings. The first-order valence-electron chi connectivity index (χ1n) is 7.28. The third-order valence-electron chi connectivity index (χ3n) is 5.17. The highest BCUT2D eigenvalue weighted by Gasteiger charge is 2.60. The number of benzene rings is 1. The van der Waals surface area contributed by atoms with Crippen molar-refractivity contribution < 1.29 is 9.59 Å². The Morgan fingerprint density at radius 1 is 1.00 bits per heavy atom. The van der Waals surface area contributed by atoms with Gasteiger partial charge in [0.2, 0.25) is 11.8 Å². The van der Waals surface area contributed by atoms with Crippen LogP contribution in [0.3, 0.4) is 0 Å². The number of fused-ring (bicyclic) bond motifs is 5. The Morgan fingerprint density at radius 3 is 2.10 bits per heavy atom. The normalized spacial score (nSPS) is 35.8. The summed E-state index contributed by atoms with van der Waals surface area (Å²) in [5.74, 6) is 0.456. The number of imide groups is 1. The SMILES string of the molecule is C[C@H](c1ccccc1)N1C(=O)[C@@H]2[C@@H](C1=O)[C@H]1C=C[C@H]2C1. The molecule has 0 spiro atoms. The van der Waals surface area contributed by atoms with Crippen LogP contribution in [-0.2, 0) is 9.59 Å². The van der Waals surface area contributed by atoms with E-state index in [9.17, 15) is 9.59 Å². The van der Waals surface area contributed by atoms with Crippen molar-refractivity contribution in [3.63, 3.8) is 0 Å². The molecule has 2 bridgehead atoms. The fourth-order valence-electron chi connectivity index (χ4n) is 4.19. The van der Waals surface area contributed by atoms with Crippen molar-refractivity contribution in [3.05, 3.63) is 48.0 Å². The highest BCUT2D eigenvalue weighted by molar-refractivity contribution is 6.06. The Hall–Kier alpha value is -1.90. The molecule has 1 saturated heterocycles. The van der Waals surface area contributed by atoms with Crippen molar-refractivity contribution in [2.75, 3.05) is 0 Å². The first-order chi connectivity index (χ1) is 9.68. The standard InChI is InChI=1S/C17H17NO2/c1-10(11-5-3-2-4-6-11)18-16(19)14-12-7-8-13(9-12)15(14)17(18)20/h2-8,10,12-15H,9H2,1H3/t10-,12+,13+,14+,15+/m1/s1. The Labute approximate surface area is 118 Å². The molecule has 5 atom stereocenters. The average Bonchev–Trinajstić information content (AvgIpc) is 3.14. The quantitative estimate of drug-likeness (QED) is 0.610. The summed E-state index contributed by atoms with van der Waals surface area (Å²) in [4.78, 5) is 26.9. The summed E-state index contributed by atoms with van der Waals surface area (Å²) in [5.41, 5.74) is 1.02. The number of hydrogen-bond donors (Lipinski definition) is 0. The third kappa shape index (κ3) is 1.41. The maximum absolute atomic E-state index is 12.7. The van der Waals surface area contributed by atoms with Crippen LogP contribution in [0.25, 0.3) is 0 Å². The summed E-state index contributed by atoms with van der Waals surface area (Å²) in [5, 5.41) is 0. The summed E-state index contributed by atoms with van der Waals surface area (Å²) >= 11 is 0. The fourth-order valence-corrected chi connectivity index (χ4v) is 4.19. The van der Waals surface area contributed by atoms with Gasteiger partial charge in [0.15, 0.2) is 0 Å². The fraction of sp³-hybridized carbons (Fsp3) is 0.412. The van der Waals surface area contributed by atoms with Crippen molar-refractivity contribution in [2.24, 2.45) is 23.7 Å². The van der Waals surface area contributed by atoms with Gasteiger partial charge in [-0.2, -0.15) is 0 Å². The predicted molar refractivity (Wildman–Crippen MR) is 74.4 cm³/mol. The topological polar surface area (TPSA) is 37.4 Å². The van der Waals surface area contributed by atoms with Gasteiger partial charge in [-0.25, -0.2) is 0 Å². The Balaban J connectivity index is 1.68. The van der Waals surface area contributed by atoms with Crippen LogP contribution in [0.1, 0.15) is 24.9 Å². The molecule has 1 saturated carbocycles. The molecule has 2 amide bonds. The number of allylic oxidation sites excluding steroid dienone is 2. The molecule has 1 aromatic rings. The molecule has 1 aliphatic heterocycles. The minimum atomic E-state index is -0.166. The Kier molecular flexibility index (Phi) is 2.40. The van der Waals surface area contributed by atoms with Crippen LogP contribution in [0, 0.1) is 23.7 Å². The number of likely N-dealkylation sites (tertiary alicyclic amines) is 1. The molecule has 20 heavy (non-hydrogen) atoms. The molecule has 0 aromatic heterocycles. The lowest BCUT2D eigenvalue weighted by Gasteiger charge is -2.24. The van der Waals surface area contributed by atoms with Crippen molar-refractivity contribution in [1.82, 2.24) is 4.90 Å². The van der Waals surface area contributed by atoms with Crippen LogP contribution in [-0.4, -0.2) is 16.7 Å². The van der Waals surface area contributed by atoms with Gasteiger partial charge in [0.25, 0.3) is 0 Å². The second-order valence-electron chi connectivity index (χ2n) is 6.13. The van der Waals surface area contributed by atoms with E-state index in [1.165, 1.54) is 4.90 Å². The van der Waals surface area contributed by atoms with E-state index in [0.29, 0.717) is 0 Å². The monoisotopic (exact) mass is 267 g/mol. The van der Waals surface area contributed by atoms with E-state index in [2.05, 4.69) is 12.2 Å². The van der Waals surface area contributed by atoms with Crippen molar-refractivity contribution in [2.45, 2.75) is 19.4 Å². The summed E-state index contributed by atoms with van der Waals surface area (Å²) < 4.78 is 0. The van der Waals surface area contributed by atoms with Crippen molar-refractivity contribution in [3.8, 4) is 0 Å². The second kappa shape index (κ2) is 4.05. The van der Waals surface area contributed by atoms with Crippen LogP contribution in [0.5, 0.6) is 0 Å². The molecule has 0 N–H and O–H groups in total. The zero-order chi connectivity index (χ0) is 13.9. The van der Waals surface area contributed by atoms with Crippen LogP contribution in [0.15, 0.2) is 42.5 Å². The van der Waals surface area contributed by atoms with Crippen LogP contribution in [0.4, 0.5) is 0 Å². The van der Waals surface area contributed by atoms with Gasteiger partial charge in [-0.1, -0.05) is 42.5 Å². The number of carbonyl (C=O) groups excluding carboxylic acids is 2. The zero-order valence-electron chi connectivity index (χ0n) is 11.4. The number of hydrogen-bond acceptors (Lipinski definition) is 2. The molecule has 3 heteroatoms. The van der Waals surface area contributed by atoms with Crippen LogP contribution < -0.4 is 0 Å². The van der Waals surface area contributed by atoms with E-state index in [-0.39, 0.29) is 41.5 Å². The van der Waals surface area contributed by atoms with E-state index in [0.717, 1.165) is 12.0 Å². The molecule has 1 aromatic carbocycles. The summed E-state index contributed by atoms with van der Waals surface area (Å²) in [6.45, 7) is 1.95. The van der Waals surface area contributed by atoms with E-state index in [1.54, 1.807) is 0 Å². The van der Waals surface area contributed by atoms with Crippen LogP contribution >= 0.6 is 0 Å².